The summed E-state index contributed by atoms with van der Waals surface area (Å²) in [5.41, 5.74) is 1.20. The van der Waals surface area contributed by atoms with Gasteiger partial charge in [0, 0.05) is 18.3 Å². The standard InChI is InChI=1S/C12H15N3O4/c1-8(16)14-9-3-5-10(6-4-9)15-11(17)7-13-12(18)19-2/h3-6H,7H2,1-2H3,(H,13,18)(H,14,16)(H,15,17). The van der Waals surface area contributed by atoms with Crippen molar-refractivity contribution in [2.45, 2.75) is 6.92 Å². The molecule has 0 aliphatic carbocycles. The highest BCUT2D eigenvalue weighted by molar-refractivity contribution is 5.94. The summed E-state index contributed by atoms with van der Waals surface area (Å²) in [5, 5.41) is 7.45. The highest BCUT2D eigenvalue weighted by Gasteiger charge is 2.05. The fourth-order valence-electron chi connectivity index (χ4n) is 1.27. The van der Waals surface area contributed by atoms with Gasteiger partial charge in [0.25, 0.3) is 0 Å². The van der Waals surface area contributed by atoms with E-state index in [2.05, 4.69) is 20.7 Å². The van der Waals surface area contributed by atoms with Crippen molar-refractivity contribution < 1.29 is 19.1 Å². The number of carbonyl (C=O) groups is 3. The molecule has 7 nitrogen and oxygen atoms in total. The van der Waals surface area contributed by atoms with E-state index in [0.717, 1.165) is 0 Å². The van der Waals surface area contributed by atoms with Crippen LogP contribution in [-0.2, 0) is 14.3 Å². The van der Waals surface area contributed by atoms with Crippen LogP contribution in [0, 0.1) is 0 Å². The molecule has 0 aliphatic rings. The molecule has 0 aliphatic heterocycles. The normalized spacial score (nSPS) is 9.37. The van der Waals surface area contributed by atoms with Gasteiger partial charge in [-0.3, -0.25) is 9.59 Å². The van der Waals surface area contributed by atoms with Gasteiger partial charge >= 0.3 is 6.09 Å². The maximum absolute atomic E-state index is 11.4. The fourth-order valence-corrected chi connectivity index (χ4v) is 1.27. The number of amides is 3. The van der Waals surface area contributed by atoms with Crippen molar-refractivity contribution in [3.05, 3.63) is 24.3 Å². The summed E-state index contributed by atoms with van der Waals surface area (Å²) in [5.74, 6) is -0.545. The van der Waals surface area contributed by atoms with E-state index in [1.807, 2.05) is 0 Å². The monoisotopic (exact) mass is 265 g/mol. The van der Waals surface area contributed by atoms with Crippen LogP contribution >= 0.6 is 0 Å². The third-order valence-electron chi connectivity index (χ3n) is 2.07. The first-order chi connectivity index (χ1) is 9.01. The summed E-state index contributed by atoms with van der Waals surface area (Å²) in [7, 11) is 1.22. The van der Waals surface area contributed by atoms with Gasteiger partial charge in [-0.05, 0) is 24.3 Å². The van der Waals surface area contributed by atoms with E-state index >= 15 is 0 Å². The largest absolute Gasteiger partial charge is 0.453 e. The predicted molar refractivity (Wildman–Crippen MR) is 69.8 cm³/mol. The highest BCUT2D eigenvalue weighted by Crippen LogP contribution is 2.13. The van der Waals surface area contributed by atoms with Gasteiger partial charge in [-0.2, -0.15) is 0 Å². The summed E-state index contributed by atoms with van der Waals surface area (Å²) in [6.07, 6.45) is -0.670. The Morgan fingerprint density at radius 3 is 2.05 bits per heavy atom. The molecule has 0 saturated carbocycles. The summed E-state index contributed by atoms with van der Waals surface area (Å²) in [6.45, 7) is 1.23. The van der Waals surface area contributed by atoms with Crippen molar-refractivity contribution in [3.8, 4) is 0 Å². The molecule has 102 valence electrons. The zero-order chi connectivity index (χ0) is 14.3. The topological polar surface area (TPSA) is 96.5 Å². The van der Waals surface area contributed by atoms with Crippen LogP contribution in [0.3, 0.4) is 0 Å². The van der Waals surface area contributed by atoms with E-state index in [1.54, 1.807) is 24.3 Å². The average molecular weight is 265 g/mol. The minimum atomic E-state index is -0.670. The van der Waals surface area contributed by atoms with E-state index in [9.17, 15) is 14.4 Å². The highest BCUT2D eigenvalue weighted by atomic mass is 16.5. The Labute approximate surface area is 110 Å². The van der Waals surface area contributed by atoms with Gasteiger partial charge in [0.1, 0.15) is 6.54 Å². The number of methoxy groups -OCH3 is 1. The molecule has 0 spiro atoms. The average Bonchev–Trinajstić information content (AvgIpc) is 2.37. The number of benzene rings is 1. The lowest BCUT2D eigenvalue weighted by Gasteiger charge is -2.07. The first kappa shape index (κ1) is 14.5. The molecule has 7 heteroatoms. The van der Waals surface area contributed by atoms with Crippen LogP contribution < -0.4 is 16.0 Å². The minimum absolute atomic E-state index is 0.168. The summed E-state index contributed by atoms with van der Waals surface area (Å²) in [4.78, 5) is 33.0. The smallest absolute Gasteiger partial charge is 0.407 e. The molecular formula is C12H15N3O4. The Bertz CT molecular complexity index is 470. The van der Waals surface area contributed by atoms with Crippen LogP contribution in [-0.4, -0.2) is 31.6 Å². The number of nitrogens with one attached hydrogen (secondary N) is 3. The summed E-state index contributed by atoms with van der Waals surface area (Å²) >= 11 is 0. The molecule has 0 atom stereocenters. The Hall–Kier alpha value is -2.57. The van der Waals surface area contributed by atoms with Crippen LogP contribution in [0.5, 0.6) is 0 Å². The van der Waals surface area contributed by atoms with Crippen LogP contribution in [0.25, 0.3) is 0 Å². The fraction of sp³-hybridized carbons (Fsp3) is 0.250. The van der Waals surface area contributed by atoms with Crippen molar-refractivity contribution in [2.75, 3.05) is 24.3 Å². The lowest BCUT2D eigenvalue weighted by Crippen LogP contribution is -2.32. The number of carbonyl (C=O) groups excluding carboxylic acids is 3. The number of anilines is 2. The number of hydrogen-bond acceptors (Lipinski definition) is 4. The molecule has 3 amide bonds. The van der Waals surface area contributed by atoms with E-state index in [-0.39, 0.29) is 18.4 Å². The molecule has 3 N–H and O–H groups in total. The Morgan fingerprint density at radius 2 is 1.58 bits per heavy atom. The van der Waals surface area contributed by atoms with Crippen LogP contribution in [0.2, 0.25) is 0 Å². The van der Waals surface area contributed by atoms with Gasteiger partial charge in [0.15, 0.2) is 0 Å². The SMILES string of the molecule is COC(=O)NCC(=O)Nc1ccc(NC(C)=O)cc1. The molecule has 0 bridgehead atoms. The summed E-state index contributed by atoms with van der Waals surface area (Å²) < 4.78 is 4.33. The van der Waals surface area contributed by atoms with E-state index in [0.29, 0.717) is 11.4 Å². The van der Waals surface area contributed by atoms with Crippen molar-refractivity contribution in [1.82, 2.24) is 5.32 Å². The van der Waals surface area contributed by atoms with E-state index in [4.69, 9.17) is 0 Å². The zero-order valence-electron chi connectivity index (χ0n) is 10.6. The number of hydrogen-bond donors (Lipinski definition) is 3. The first-order valence-corrected chi connectivity index (χ1v) is 5.50. The maximum atomic E-state index is 11.4. The third kappa shape index (κ3) is 5.53. The van der Waals surface area contributed by atoms with Gasteiger partial charge < -0.3 is 20.7 Å². The number of ether oxygens (including phenoxy) is 1. The lowest BCUT2D eigenvalue weighted by atomic mass is 10.2. The Morgan fingerprint density at radius 1 is 1.05 bits per heavy atom. The molecule has 1 rings (SSSR count). The maximum Gasteiger partial charge on any atom is 0.407 e. The number of rotatable bonds is 4. The Balaban J connectivity index is 2.46. The van der Waals surface area contributed by atoms with Crippen LogP contribution in [0.4, 0.5) is 16.2 Å². The van der Waals surface area contributed by atoms with Crippen molar-refractivity contribution in [2.24, 2.45) is 0 Å². The molecule has 1 aromatic carbocycles. The van der Waals surface area contributed by atoms with Crippen molar-refractivity contribution in [1.29, 1.82) is 0 Å². The number of alkyl carbamates (subject to hydrolysis) is 1. The van der Waals surface area contributed by atoms with Gasteiger partial charge in [-0.1, -0.05) is 0 Å². The second-order valence-corrected chi connectivity index (χ2v) is 3.65. The lowest BCUT2D eigenvalue weighted by molar-refractivity contribution is -0.115. The van der Waals surface area contributed by atoms with Crippen molar-refractivity contribution >= 4 is 29.3 Å². The molecular weight excluding hydrogens is 250 g/mol. The molecule has 0 fully saturated rings. The van der Waals surface area contributed by atoms with Crippen molar-refractivity contribution in [3.63, 3.8) is 0 Å². The summed E-state index contributed by atoms with van der Waals surface area (Å²) in [6, 6.07) is 6.60. The van der Waals surface area contributed by atoms with Crippen LogP contribution in [0.15, 0.2) is 24.3 Å². The van der Waals surface area contributed by atoms with Gasteiger partial charge in [0.2, 0.25) is 11.8 Å². The third-order valence-corrected chi connectivity index (χ3v) is 2.07. The van der Waals surface area contributed by atoms with Gasteiger partial charge in [-0.15, -0.1) is 0 Å². The van der Waals surface area contributed by atoms with Gasteiger partial charge in [-0.25, -0.2) is 4.79 Å². The quantitative estimate of drug-likeness (QED) is 0.754. The second-order valence-electron chi connectivity index (χ2n) is 3.65. The molecule has 1 aromatic rings. The molecule has 0 aromatic heterocycles. The first-order valence-electron chi connectivity index (χ1n) is 5.50. The molecule has 0 unspecified atom stereocenters. The molecule has 0 saturated heterocycles. The van der Waals surface area contributed by atoms with Crippen LogP contribution in [0.1, 0.15) is 6.92 Å². The Kier molecular flexibility index (Phi) is 5.34. The predicted octanol–water partition coefficient (Wildman–Crippen LogP) is 0.939. The minimum Gasteiger partial charge on any atom is -0.453 e. The molecule has 19 heavy (non-hydrogen) atoms. The van der Waals surface area contributed by atoms with Gasteiger partial charge in [0.05, 0.1) is 7.11 Å². The molecule has 0 radical (unpaired) electrons. The molecule has 0 heterocycles. The van der Waals surface area contributed by atoms with E-state index < -0.39 is 6.09 Å². The zero-order valence-corrected chi connectivity index (χ0v) is 10.6. The van der Waals surface area contributed by atoms with E-state index in [1.165, 1.54) is 14.0 Å². The second kappa shape index (κ2) is 7.00.